The Morgan fingerprint density at radius 2 is 2.11 bits per heavy atom. The Morgan fingerprint density at radius 3 is 2.67 bits per heavy atom. The zero-order valence-corrected chi connectivity index (χ0v) is 11.3. The van der Waals surface area contributed by atoms with Crippen molar-refractivity contribution in [3.05, 3.63) is 40.5 Å². The van der Waals surface area contributed by atoms with Gasteiger partial charge >= 0.3 is 5.97 Å². The molecular weight excluding hydrogens is 298 g/mol. The van der Waals surface area contributed by atoms with Gasteiger partial charge in [-0.2, -0.15) is 5.10 Å². The Balaban J connectivity index is 2.14. The van der Waals surface area contributed by atoms with Crippen molar-refractivity contribution in [1.29, 1.82) is 0 Å². The highest BCUT2D eigenvalue weighted by Crippen LogP contribution is 2.17. The molecule has 0 radical (unpaired) electrons. The van der Waals surface area contributed by atoms with Crippen molar-refractivity contribution in [1.82, 2.24) is 9.78 Å². The highest BCUT2D eigenvalue weighted by Gasteiger charge is 2.14. The number of carbonyl (C=O) groups is 1. The van der Waals surface area contributed by atoms with E-state index in [9.17, 15) is 4.79 Å². The molecule has 94 valence electrons. The fourth-order valence-electron chi connectivity index (χ4n) is 1.45. The van der Waals surface area contributed by atoms with Crippen LogP contribution in [-0.2, 0) is 6.54 Å². The average molecular weight is 310 g/mol. The molecule has 0 saturated carbocycles. The Hall–Kier alpha value is -1.82. The van der Waals surface area contributed by atoms with Gasteiger partial charge < -0.3 is 10.5 Å². The van der Waals surface area contributed by atoms with E-state index >= 15 is 0 Å². The number of aryl methyl sites for hydroxylation is 1. The molecule has 18 heavy (non-hydrogen) atoms. The van der Waals surface area contributed by atoms with Gasteiger partial charge in [-0.05, 0) is 31.2 Å². The molecule has 1 heterocycles. The van der Waals surface area contributed by atoms with E-state index in [-0.39, 0.29) is 5.69 Å². The third-order valence-corrected chi connectivity index (χ3v) is 2.87. The minimum atomic E-state index is -0.517. The predicted molar refractivity (Wildman–Crippen MR) is 71.4 cm³/mol. The molecule has 1 aromatic heterocycles. The van der Waals surface area contributed by atoms with E-state index in [2.05, 4.69) is 21.0 Å². The molecule has 0 spiro atoms. The van der Waals surface area contributed by atoms with Gasteiger partial charge in [0.1, 0.15) is 11.6 Å². The van der Waals surface area contributed by atoms with E-state index < -0.39 is 5.97 Å². The Morgan fingerprint density at radius 1 is 1.44 bits per heavy atom. The Labute approximate surface area is 113 Å². The largest absolute Gasteiger partial charge is 0.422 e. The second-order valence-corrected chi connectivity index (χ2v) is 4.53. The first-order chi connectivity index (χ1) is 8.60. The number of carbonyl (C=O) groups excluding carboxylic acids is 1. The van der Waals surface area contributed by atoms with Gasteiger partial charge in [-0.1, -0.05) is 15.9 Å². The van der Waals surface area contributed by atoms with Crippen LogP contribution in [0.4, 0.5) is 5.82 Å². The summed E-state index contributed by atoms with van der Waals surface area (Å²) in [7, 11) is 0. The first kappa shape index (κ1) is 12.6. The predicted octanol–water partition coefficient (Wildman–Crippen LogP) is 2.47. The molecule has 2 N–H and O–H groups in total. The zero-order valence-electron chi connectivity index (χ0n) is 9.76. The van der Waals surface area contributed by atoms with Crippen molar-refractivity contribution in [3.63, 3.8) is 0 Å². The first-order valence-corrected chi connectivity index (χ1v) is 6.20. The lowest BCUT2D eigenvalue weighted by Crippen LogP contribution is -2.10. The molecule has 0 saturated heterocycles. The fraction of sp³-hybridized carbons (Fsp3) is 0.167. The summed E-state index contributed by atoms with van der Waals surface area (Å²) in [6, 6.07) is 8.48. The van der Waals surface area contributed by atoms with Crippen molar-refractivity contribution in [2.75, 3.05) is 5.73 Å². The van der Waals surface area contributed by atoms with Crippen molar-refractivity contribution in [3.8, 4) is 5.75 Å². The lowest BCUT2D eigenvalue weighted by molar-refractivity contribution is 0.0727. The SMILES string of the molecule is CCn1nc(C(=O)Oc2ccc(Br)cc2)cc1N. The standard InChI is InChI=1S/C12H12BrN3O2/c1-2-16-11(14)7-10(15-16)12(17)18-9-5-3-8(13)4-6-9/h3-7H,2,14H2,1H3. The highest BCUT2D eigenvalue weighted by atomic mass is 79.9. The van der Waals surface area contributed by atoms with Gasteiger partial charge in [-0.15, -0.1) is 0 Å². The Kier molecular flexibility index (Phi) is 3.66. The van der Waals surface area contributed by atoms with E-state index in [0.717, 1.165) is 4.47 Å². The van der Waals surface area contributed by atoms with E-state index in [1.54, 1.807) is 24.3 Å². The summed E-state index contributed by atoms with van der Waals surface area (Å²) < 4.78 is 7.64. The van der Waals surface area contributed by atoms with Gasteiger partial charge in [0, 0.05) is 17.1 Å². The topological polar surface area (TPSA) is 70.1 Å². The number of nitrogen functional groups attached to an aromatic ring is 1. The van der Waals surface area contributed by atoms with E-state index in [4.69, 9.17) is 10.5 Å². The van der Waals surface area contributed by atoms with Gasteiger partial charge in [0.2, 0.25) is 0 Å². The summed E-state index contributed by atoms with van der Waals surface area (Å²) >= 11 is 3.31. The third kappa shape index (κ3) is 2.70. The Bertz CT molecular complexity index is 563. The zero-order chi connectivity index (χ0) is 13.1. The van der Waals surface area contributed by atoms with Gasteiger partial charge in [0.25, 0.3) is 0 Å². The van der Waals surface area contributed by atoms with Crippen LogP contribution in [0.15, 0.2) is 34.8 Å². The van der Waals surface area contributed by atoms with E-state index in [1.807, 2.05) is 6.92 Å². The van der Waals surface area contributed by atoms with Gasteiger partial charge in [0.15, 0.2) is 5.69 Å². The van der Waals surface area contributed by atoms with Gasteiger partial charge in [0.05, 0.1) is 0 Å². The van der Waals surface area contributed by atoms with Crippen molar-refractivity contribution < 1.29 is 9.53 Å². The number of halogens is 1. The number of nitrogens with two attached hydrogens (primary N) is 1. The molecule has 0 bridgehead atoms. The maximum Gasteiger partial charge on any atom is 0.364 e. The second kappa shape index (κ2) is 5.22. The summed E-state index contributed by atoms with van der Waals surface area (Å²) in [6.45, 7) is 2.50. The number of anilines is 1. The van der Waals surface area contributed by atoms with Crippen LogP contribution in [0.3, 0.4) is 0 Å². The number of rotatable bonds is 3. The van der Waals surface area contributed by atoms with Crippen LogP contribution in [0.1, 0.15) is 17.4 Å². The molecule has 0 aliphatic heterocycles. The molecule has 6 heteroatoms. The number of ether oxygens (including phenoxy) is 1. The van der Waals surface area contributed by atoms with Gasteiger partial charge in [-0.25, -0.2) is 9.48 Å². The molecular formula is C12H12BrN3O2. The van der Waals surface area contributed by atoms with Crippen LogP contribution < -0.4 is 10.5 Å². The summed E-state index contributed by atoms with van der Waals surface area (Å²) in [5.41, 5.74) is 5.90. The summed E-state index contributed by atoms with van der Waals surface area (Å²) in [5, 5.41) is 4.05. The van der Waals surface area contributed by atoms with Crippen LogP contribution in [0.2, 0.25) is 0 Å². The summed E-state index contributed by atoms with van der Waals surface area (Å²) in [4.78, 5) is 11.8. The molecule has 0 amide bonds. The number of hydrogen-bond donors (Lipinski definition) is 1. The minimum Gasteiger partial charge on any atom is -0.422 e. The number of aromatic nitrogens is 2. The fourth-order valence-corrected chi connectivity index (χ4v) is 1.71. The highest BCUT2D eigenvalue weighted by molar-refractivity contribution is 9.10. The maximum atomic E-state index is 11.8. The molecule has 0 aliphatic rings. The van der Waals surface area contributed by atoms with Crippen molar-refractivity contribution in [2.45, 2.75) is 13.5 Å². The number of esters is 1. The lowest BCUT2D eigenvalue weighted by Gasteiger charge is -2.01. The molecule has 5 nitrogen and oxygen atoms in total. The van der Waals surface area contributed by atoms with Crippen molar-refractivity contribution in [2.24, 2.45) is 0 Å². The van der Waals surface area contributed by atoms with Crippen LogP contribution in [0.25, 0.3) is 0 Å². The number of nitrogens with zero attached hydrogens (tertiary/aromatic N) is 2. The van der Waals surface area contributed by atoms with E-state index in [0.29, 0.717) is 18.1 Å². The molecule has 1 aromatic carbocycles. The molecule has 2 aromatic rings. The molecule has 0 aliphatic carbocycles. The minimum absolute atomic E-state index is 0.206. The maximum absolute atomic E-state index is 11.8. The van der Waals surface area contributed by atoms with E-state index in [1.165, 1.54) is 10.7 Å². The number of hydrogen-bond acceptors (Lipinski definition) is 4. The van der Waals surface area contributed by atoms with Crippen LogP contribution in [-0.4, -0.2) is 15.7 Å². The van der Waals surface area contributed by atoms with Crippen molar-refractivity contribution >= 4 is 27.7 Å². The normalized spacial score (nSPS) is 10.3. The first-order valence-electron chi connectivity index (χ1n) is 5.41. The smallest absolute Gasteiger partial charge is 0.364 e. The number of benzene rings is 1. The molecule has 0 fully saturated rings. The molecule has 2 rings (SSSR count). The summed E-state index contributed by atoms with van der Waals surface area (Å²) in [5.74, 6) is 0.393. The average Bonchev–Trinajstić information content (AvgIpc) is 2.73. The van der Waals surface area contributed by atoms with Crippen LogP contribution >= 0.6 is 15.9 Å². The van der Waals surface area contributed by atoms with Crippen LogP contribution in [0.5, 0.6) is 5.75 Å². The molecule has 0 unspecified atom stereocenters. The second-order valence-electron chi connectivity index (χ2n) is 3.61. The quantitative estimate of drug-likeness (QED) is 0.698. The molecule has 0 atom stereocenters. The van der Waals surface area contributed by atoms with Crippen LogP contribution in [0, 0.1) is 0 Å². The van der Waals surface area contributed by atoms with Gasteiger partial charge in [-0.3, -0.25) is 0 Å². The monoisotopic (exact) mass is 309 g/mol. The lowest BCUT2D eigenvalue weighted by atomic mass is 10.3. The summed E-state index contributed by atoms with van der Waals surface area (Å²) in [6.07, 6.45) is 0. The third-order valence-electron chi connectivity index (χ3n) is 2.34.